The van der Waals surface area contributed by atoms with Crippen LogP contribution in [-0.2, 0) is 9.59 Å². The van der Waals surface area contributed by atoms with Gasteiger partial charge < -0.3 is 10.2 Å². The average Bonchev–Trinajstić information content (AvgIpc) is 3.20. The predicted octanol–water partition coefficient (Wildman–Crippen LogP) is 1.78. The summed E-state index contributed by atoms with van der Waals surface area (Å²) < 4.78 is 13.0. The Morgan fingerprint density at radius 1 is 1.04 bits per heavy atom. The van der Waals surface area contributed by atoms with Crippen LogP contribution in [0.1, 0.15) is 26.2 Å². The van der Waals surface area contributed by atoms with Crippen LogP contribution in [0.15, 0.2) is 24.3 Å². The van der Waals surface area contributed by atoms with Crippen LogP contribution in [0, 0.1) is 5.82 Å². The second kappa shape index (κ2) is 9.28. The molecule has 6 nitrogen and oxygen atoms in total. The van der Waals surface area contributed by atoms with Crippen molar-refractivity contribution in [3.05, 3.63) is 30.1 Å². The molecule has 7 heteroatoms. The number of anilines is 1. The monoisotopic (exact) mass is 376 g/mol. The molecule has 2 aliphatic heterocycles. The fourth-order valence-corrected chi connectivity index (χ4v) is 3.86. The molecule has 0 spiro atoms. The first-order valence-electron chi connectivity index (χ1n) is 9.87. The van der Waals surface area contributed by atoms with E-state index in [4.69, 9.17) is 0 Å². The lowest BCUT2D eigenvalue weighted by atomic mass is 10.1. The second-order valence-electron chi connectivity index (χ2n) is 7.32. The molecule has 0 radical (unpaired) electrons. The lowest BCUT2D eigenvalue weighted by molar-refractivity contribution is -0.132. The van der Waals surface area contributed by atoms with Crippen molar-refractivity contribution in [1.29, 1.82) is 0 Å². The summed E-state index contributed by atoms with van der Waals surface area (Å²) in [5.74, 6) is -0.160. The maximum Gasteiger partial charge on any atom is 0.241 e. The molecule has 0 aromatic heterocycles. The standard InChI is InChI=1S/C20H29FN4O2/c1-2-18(20(27)22-17-7-5-16(21)6-8-17)24-13-11-23(12-14-24)15-19(26)25-9-3-4-10-25/h5-8,18H,2-4,9-15H2,1H3,(H,22,27)/t18-/m0/s1. The van der Waals surface area contributed by atoms with E-state index in [2.05, 4.69) is 15.1 Å². The number of hydrogen-bond donors (Lipinski definition) is 1. The third-order valence-electron chi connectivity index (χ3n) is 5.47. The Morgan fingerprint density at radius 3 is 2.26 bits per heavy atom. The van der Waals surface area contributed by atoms with Crippen LogP contribution < -0.4 is 5.32 Å². The minimum atomic E-state index is -0.320. The SMILES string of the molecule is CC[C@@H](C(=O)Nc1ccc(F)cc1)N1CCN(CC(=O)N2CCCC2)CC1. The highest BCUT2D eigenvalue weighted by Gasteiger charge is 2.29. The summed E-state index contributed by atoms with van der Waals surface area (Å²) in [5, 5.41) is 2.88. The maximum absolute atomic E-state index is 13.0. The highest BCUT2D eigenvalue weighted by molar-refractivity contribution is 5.94. The molecule has 1 atom stereocenters. The van der Waals surface area contributed by atoms with Gasteiger partial charge in [-0.15, -0.1) is 0 Å². The number of amides is 2. The zero-order valence-corrected chi connectivity index (χ0v) is 16.0. The van der Waals surface area contributed by atoms with Crippen LogP contribution >= 0.6 is 0 Å². The molecule has 27 heavy (non-hydrogen) atoms. The van der Waals surface area contributed by atoms with Gasteiger partial charge in [0.2, 0.25) is 11.8 Å². The Balaban J connectivity index is 1.48. The Kier molecular flexibility index (Phi) is 6.79. The maximum atomic E-state index is 13.0. The van der Waals surface area contributed by atoms with Gasteiger partial charge >= 0.3 is 0 Å². The summed E-state index contributed by atoms with van der Waals surface area (Å²) in [6, 6.07) is 5.61. The van der Waals surface area contributed by atoms with Crippen LogP contribution in [0.4, 0.5) is 10.1 Å². The Bertz CT molecular complexity index is 638. The highest BCUT2D eigenvalue weighted by atomic mass is 19.1. The molecule has 0 unspecified atom stereocenters. The average molecular weight is 376 g/mol. The predicted molar refractivity (Wildman–Crippen MR) is 103 cm³/mol. The number of carbonyl (C=O) groups excluding carboxylic acids is 2. The first-order chi connectivity index (χ1) is 13.1. The largest absolute Gasteiger partial charge is 0.342 e. The van der Waals surface area contributed by atoms with Gasteiger partial charge in [-0.05, 0) is 43.5 Å². The lowest BCUT2D eigenvalue weighted by Crippen LogP contribution is -2.55. The fourth-order valence-electron chi connectivity index (χ4n) is 3.86. The molecule has 2 aliphatic rings. The third kappa shape index (κ3) is 5.26. The molecule has 0 aliphatic carbocycles. The quantitative estimate of drug-likeness (QED) is 0.822. The summed E-state index contributed by atoms with van der Waals surface area (Å²) in [6.45, 7) is 7.37. The van der Waals surface area contributed by atoms with Crippen LogP contribution in [0.5, 0.6) is 0 Å². The van der Waals surface area contributed by atoms with Crippen molar-refractivity contribution in [1.82, 2.24) is 14.7 Å². The number of nitrogens with zero attached hydrogens (tertiary/aromatic N) is 3. The van der Waals surface area contributed by atoms with E-state index >= 15 is 0 Å². The van der Waals surface area contributed by atoms with Gasteiger partial charge in [0.25, 0.3) is 0 Å². The van der Waals surface area contributed by atoms with E-state index in [-0.39, 0.29) is 23.7 Å². The molecule has 0 bridgehead atoms. The van der Waals surface area contributed by atoms with Gasteiger partial charge in [-0.1, -0.05) is 6.92 Å². The Labute approximate surface area is 160 Å². The van der Waals surface area contributed by atoms with Crippen LogP contribution in [0.2, 0.25) is 0 Å². The normalized spacial score (nSPS) is 19.9. The minimum absolute atomic E-state index is 0.0642. The number of rotatable bonds is 6. The van der Waals surface area contributed by atoms with E-state index in [9.17, 15) is 14.0 Å². The Morgan fingerprint density at radius 2 is 1.67 bits per heavy atom. The molecule has 2 amide bonds. The van der Waals surface area contributed by atoms with Crippen molar-refractivity contribution in [2.24, 2.45) is 0 Å². The van der Waals surface area contributed by atoms with Crippen molar-refractivity contribution < 1.29 is 14.0 Å². The zero-order valence-electron chi connectivity index (χ0n) is 16.0. The molecule has 148 valence electrons. The summed E-state index contributed by atoms with van der Waals surface area (Å²) in [6.07, 6.45) is 2.93. The highest BCUT2D eigenvalue weighted by Crippen LogP contribution is 2.15. The van der Waals surface area contributed by atoms with Gasteiger partial charge in [0.1, 0.15) is 5.82 Å². The molecular formula is C20H29FN4O2. The molecular weight excluding hydrogens is 347 g/mol. The van der Waals surface area contributed by atoms with Gasteiger partial charge in [-0.2, -0.15) is 0 Å². The molecule has 1 aromatic rings. The number of hydrogen-bond acceptors (Lipinski definition) is 4. The lowest BCUT2D eigenvalue weighted by Gasteiger charge is -2.38. The number of benzene rings is 1. The third-order valence-corrected chi connectivity index (χ3v) is 5.47. The summed E-state index contributed by atoms with van der Waals surface area (Å²) >= 11 is 0. The number of halogens is 1. The van der Waals surface area contributed by atoms with E-state index in [1.165, 1.54) is 12.1 Å². The van der Waals surface area contributed by atoms with E-state index < -0.39 is 0 Å². The molecule has 1 N–H and O–H groups in total. The molecule has 2 fully saturated rings. The van der Waals surface area contributed by atoms with E-state index in [1.54, 1.807) is 12.1 Å². The van der Waals surface area contributed by atoms with Crippen molar-refractivity contribution in [2.45, 2.75) is 32.2 Å². The van der Waals surface area contributed by atoms with Crippen molar-refractivity contribution in [2.75, 3.05) is 51.1 Å². The first-order valence-corrected chi connectivity index (χ1v) is 9.87. The summed E-state index contributed by atoms with van der Waals surface area (Å²) in [7, 11) is 0. The number of piperazine rings is 1. The number of carbonyl (C=O) groups is 2. The molecule has 2 heterocycles. The first kappa shape index (κ1) is 19.8. The van der Waals surface area contributed by atoms with Gasteiger partial charge in [-0.3, -0.25) is 19.4 Å². The Hall–Kier alpha value is -1.99. The molecule has 1 aromatic carbocycles. The second-order valence-corrected chi connectivity index (χ2v) is 7.32. The topological polar surface area (TPSA) is 55.9 Å². The van der Waals surface area contributed by atoms with E-state index in [1.807, 2.05) is 11.8 Å². The molecule has 3 rings (SSSR count). The smallest absolute Gasteiger partial charge is 0.241 e. The molecule has 0 saturated carbocycles. The zero-order chi connectivity index (χ0) is 19.2. The van der Waals surface area contributed by atoms with Crippen LogP contribution in [0.25, 0.3) is 0 Å². The van der Waals surface area contributed by atoms with Gasteiger partial charge in [0.05, 0.1) is 12.6 Å². The fraction of sp³-hybridized carbons (Fsp3) is 0.600. The van der Waals surface area contributed by atoms with Crippen molar-refractivity contribution in [3.8, 4) is 0 Å². The summed E-state index contributed by atoms with van der Waals surface area (Å²) in [5.41, 5.74) is 0.606. The molecule has 2 saturated heterocycles. The minimum Gasteiger partial charge on any atom is -0.342 e. The number of likely N-dealkylation sites (tertiary alicyclic amines) is 1. The van der Waals surface area contributed by atoms with Crippen LogP contribution in [0.3, 0.4) is 0 Å². The number of nitrogens with one attached hydrogen (secondary N) is 1. The van der Waals surface area contributed by atoms with Crippen molar-refractivity contribution in [3.63, 3.8) is 0 Å². The van der Waals surface area contributed by atoms with Crippen LogP contribution in [-0.4, -0.2) is 78.4 Å². The van der Waals surface area contributed by atoms with E-state index in [0.717, 1.165) is 52.1 Å². The summed E-state index contributed by atoms with van der Waals surface area (Å²) in [4.78, 5) is 31.3. The van der Waals surface area contributed by atoms with Gasteiger partial charge in [0, 0.05) is 45.0 Å². The van der Waals surface area contributed by atoms with Crippen molar-refractivity contribution >= 4 is 17.5 Å². The van der Waals surface area contributed by atoms with Gasteiger partial charge in [0.15, 0.2) is 0 Å². The van der Waals surface area contributed by atoms with Gasteiger partial charge in [-0.25, -0.2) is 4.39 Å². The van der Waals surface area contributed by atoms with E-state index in [0.29, 0.717) is 18.7 Å².